The maximum atomic E-state index is 5.97. The summed E-state index contributed by atoms with van der Waals surface area (Å²) in [5.74, 6) is 0.539. The second kappa shape index (κ2) is 6.35. The maximum Gasteiger partial charge on any atom is 0.167 e. The summed E-state index contributed by atoms with van der Waals surface area (Å²) in [5, 5.41) is 0.726. The van der Waals surface area contributed by atoms with E-state index < -0.39 is 0 Å². The van der Waals surface area contributed by atoms with Gasteiger partial charge >= 0.3 is 0 Å². The Hall–Kier alpha value is 0.140. The molecule has 17 heavy (non-hydrogen) atoms. The Morgan fingerprint density at radius 2 is 2.12 bits per heavy atom. The molecule has 1 aliphatic rings. The first-order chi connectivity index (χ1) is 7.85. The van der Waals surface area contributed by atoms with Crippen LogP contribution in [0.4, 0.5) is 0 Å². The molecule has 0 aromatic rings. The maximum absolute atomic E-state index is 5.97. The fraction of sp³-hybridized carbons (Fsp3) is 0.857. The molecule has 3 heteroatoms. The van der Waals surface area contributed by atoms with Crippen molar-refractivity contribution in [2.75, 3.05) is 11.9 Å². The zero-order valence-electron chi connectivity index (χ0n) is 11.6. The lowest BCUT2D eigenvalue weighted by Gasteiger charge is -2.24. The summed E-state index contributed by atoms with van der Waals surface area (Å²) in [6.07, 6.45) is 3.34. The van der Waals surface area contributed by atoms with Crippen molar-refractivity contribution in [3.8, 4) is 0 Å². The fourth-order valence-electron chi connectivity index (χ4n) is 1.93. The second-order valence-electron chi connectivity index (χ2n) is 5.92. The van der Waals surface area contributed by atoms with Gasteiger partial charge in [-0.25, -0.2) is 0 Å². The molecule has 0 saturated heterocycles. The zero-order chi connectivity index (χ0) is 13.1. The van der Waals surface area contributed by atoms with Crippen molar-refractivity contribution in [1.82, 2.24) is 0 Å². The average Bonchev–Trinajstić information content (AvgIpc) is 2.47. The Morgan fingerprint density at radius 3 is 2.53 bits per heavy atom. The van der Waals surface area contributed by atoms with Gasteiger partial charge in [-0.1, -0.05) is 55.3 Å². The summed E-state index contributed by atoms with van der Waals surface area (Å²) in [6, 6.07) is 0. The van der Waals surface area contributed by atoms with E-state index in [1.807, 2.05) is 0 Å². The van der Waals surface area contributed by atoms with Gasteiger partial charge in [0.1, 0.15) is 0 Å². The number of hydrogen-bond acceptors (Lipinski definition) is 2. The fourth-order valence-corrected chi connectivity index (χ4v) is 2.27. The predicted molar refractivity (Wildman–Crippen MR) is 75.4 cm³/mol. The molecular formula is C14H25BrO2. The largest absolute Gasteiger partial charge is 0.351 e. The molecule has 0 heterocycles. The molecule has 0 radical (unpaired) electrons. The van der Waals surface area contributed by atoms with Crippen molar-refractivity contribution in [2.45, 2.75) is 53.4 Å². The van der Waals surface area contributed by atoms with Gasteiger partial charge in [0.05, 0.1) is 18.0 Å². The van der Waals surface area contributed by atoms with E-state index in [9.17, 15) is 0 Å². The highest BCUT2D eigenvalue weighted by molar-refractivity contribution is 9.09. The van der Waals surface area contributed by atoms with Crippen molar-refractivity contribution >= 4 is 15.9 Å². The van der Waals surface area contributed by atoms with Gasteiger partial charge < -0.3 is 9.47 Å². The SMILES string of the molecule is CC1=CC(OC(CBr)OCC(C)C)CC1(C)C. The van der Waals surface area contributed by atoms with E-state index in [1.54, 1.807) is 0 Å². The minimum atomic E-state index is -0.139. The number of hydrogen-bond donors (Lipinski definition) is 0. The smallest absolute Gasteiger partial charge is 0.167 e. The van der Waals surface area contributed by atoms with Crippen LogP contribution in [0, 0.1) is 11.3 Å². The number of rotatable bonds is 6. The Balaban J connectivity index is 2.43. The Kier molecular flexibility index (Phi) is 5.68. The van der Waals surface area contributed by atoms with Gasteiger partial charge in [-0.05, 0) is 24.7 Å². The highest BCUT2D eigenvalue weighted by Gasteiger charge is 2.32. The number of alkyl halides is 1. The molecule has 2 unspecified atom stereocenters. The molecule has 1 rings (SSSR count). The Labute approximate surface area is 114 Å². The monoisotopic (exact) mass is 304 g/mol. The highest BCUT2D eigenvalue weighted by Crippen LogP contribution is 2.39. The predicted octanol–water partition coefficient (Wildman–Crippen LogP) is 4.14. The summed E-state index contributed by atoms with van der Waals surface area (Å²) in [4.78, 5) is 0. The normalized spacial score (nSPS) is 25.1. The number of ether oxygens (including phenoxy) is 2. The van der Waals surface area contributed by atoms with Crippen LogP contribution < -0.4 is 0 Å². The van der Waals surface area contributed by atoms with Crippen LogP contribution in [0.25, 0.3) is 0 Å². The Bertz CT molecular complexity index is 271. The van der Waals surface area contributed by atoms with Gasteiger partial charge in [0.2, 0.25) is 0 Å². The zero-order valence-corrected chi connectivity index (χ0v) is 13.2. The molecule has 0 aliphatic heterocycles. The molecule has 0 aromatic heterocycles. The van der Waals surface area contributed by atoms with E-state index >= 15 is 0 Å². The van der Waals surface area contributed by atoms with Crippen LogP contribution in [0.3, 0.4) is 0 Å². The average molecular weight is 305 g/mol. The second-order valence-corrected chi connectivity index (χ2v) is 6.57. The first-order valence-corrected chi connectivity index (χ1v) is 7.49. The van der Waals surface area contributed by atoms with E-state index in [1.165, 1.54) is 5.57 Å². The van der Waals surface area contributed by atoms with Crippen molar-refractivity contribution in [3.63, 3.8) is 0 Å². The molecule has 1 aliphatic carbocycles. The summed E-state index contributed by atoms with van der Waals surface area (Å²) < 4.78 is 11.7. The summed E-state index contributed by atoms with van der Waals surface area (Å²) in [6.45, 7) is 11.7. The van der Waals surface area contributed by atoms with Gasteiger partial charge in [-0.2, -0.15) is 0 Å². The lowest BCUT2D eigenvalue weighted by molar-refractivity contribution is -0.152. The van der Waals surface area contributed by atoms with E-state index in [2.05, 4.69) is 56.6 Å². The van der Waals surface area contributed by atoms with Crippen LogP contribution in [-0.2, 0) is 9.47 Å². The molecule has 0 spiro atoms. The molecule has 0 N–H and O–H groups in total. The van der Waals surface area contributed by atoms with Gasteiger partial charge in [0.25, 0.3) is 0 Å². The van der Waals surface area contributed by atoms with Crippen LogP contribution in [0.15, 0.2) is 11.6 Å². The van der Waals surface area contributed by atoms with E-state index in [-0.39, 0.29) is 17.8 Å². The van der Waals surface area contributed by atoms with Crippen molar-refractivity contribution in [3.05, 3.63) is 11.6 Å². The van der Waals surface area contributed by atoms with E-state index in [0.29, 0.717) is 5.92 Å². The van der Waals surface area contributed by atoms with Gasteiger partial charge in [-0.15, -0.1) is 0 Å². The molecule has 0 bridgehead atoms. The first-order valence-electron chi connectivity index (χ1n) is 6.37. The minimum absolute atomic E-state index is 0.139. The van der Waals surface area contributed by atoms with Crippen LogP contribution in [0.1, 0.15) is 41.0 Å². The quantitative estimate of drug-likeness (QED) is 0.417. The third-order valence-electron chi connectivity index (χ3n) is 3.28. The van der Waals surface area contributed by atoms with Crippen LogP contribution in [0.5, 0.6) is 0 Å². The molecule has 0 amide bonds. The molecule has 100 valence electrons. The molecular weight excluding hydrogens is 280 g/mol. The Morgan fingerprint density at radius 1 is 1.47 bits per heavy atom. The van der Waals surface area contributed by atoms with Crippen LogP contribution >= 0.6 is 15.9 Å². The van der Waals surface area contributed by atoms with Crippen LogP contribution in [-0.4, -0.2) is 24.3 Å². The topological polar surface area (TPSA) is 18.5 Å². The molecule has 2 nitrogen and oxygen atoms in total. The highest BCUT2D eigenvalue weighted by atomic mass is 79.9. The van der Waals surface area contributed by atoms with E-state index in [0.717, 1.165) is 18.4 Å². The number of allylic oxidation sites excluding steroid dienone is 1. The van der Waals surface area contributed by atoms with Crippen molar-refractivity contribution in [1.29, 1.82) is 0 Å². The summed E-state index contributed by atoms with van der Waals surface area (Å²) in [5.41, 5.74) is 1.68. The number of halogens is 1. The van der Waals surface area contributed by atoms with Crippen molar-refractivity contribution in [2.24, 2.45) is 11.3 Å². The van der Waals surface area contributed by atoms with Gasteiger partial charge in [-0.3, -0.25) is 0 Å². The summed E-state index contributed by atoms with van der Waals surface area (Å²) in [7, 11) is 0. The molecule has 0 saturated carbocycles. The van der Waals surface area contributed by atoms with E-state index in [4.69, 9.17) is 9.47 Å². The third-order valence-corrected chi connectivity index (χ3v) is 3.81. The lowest BCUT2D eigenvalue weighted by atomic mass is 9.87. The van der Waals surface area contributed by atoms with Crippen LogP contribution in [0.2, 0.25) is 0 Å². The van der Waals surface area contributed by atoms with Gasteiger partial charge in [0, 0.05) is 0 Å². The lowest BCUT2D eigenvalue weighted by Crippen LogP contribution is -2.26. The molecule has 0 aromatic carbocycles. The third kappa shape index (κ3) is 4.72. The molecule has 0 fully saturated rings. The molecule has 2 atom stereocenters. The summed E-state index contributed by atoms with van der Waals surface area (Å²) >= 11 is 3.45. The first kappa shape index (κ1) is 15.2. The minimum Gasteiger partial charge on any atom is -0.351 e. The van der Waals surface area contributed by atoms with Gasteiger partial charge in [0.15, 0.2) is 6.29 Å². The van der Waals surface area contributed by atoms with Crippen molar-refractivity contribution < 1.29 is 9.47 Å². The standard InChI is InChI=1S/C14H25BrO2/c1-10(2)9-16-13(8-15)17-12-6-11(3)14(4,5)7-12/h6,10,12-13H,7-9H2,1-5H3.